The number of nitrogens with two attached hydrogens (primary N) is 1. The molecule has 1 heterocycles. The van der Waals surface area contributed by atoms with E-state index in [0.29, 0.717) is 0 Å². The fourth-order valence-corrected chi connectivity index (χ4v) is 2.82. The molecule has 0 aromatic carbocycles. The molecule has 6 heteroatoms. The van der Waals surface area contributed by atoms with Crippen LogP contribution in [0.3, 0.4) is 0 Å². The predicted molar refractivity (Wildman–Crippen MR) is 76.4 cm³/mol. The second-order valence-corrected chi connectivity index (χ2v) is 5.57. The van der Waals surface area contributed by atoms with Crippen molar-refractivity contribution in [1.82, 2.24) is 9.80 Å². The summed E-state index contributed by atoms with van der Waals surface area (Å²) in [4.78, 5) is 16.7. The number of rotatable bonds is 2. The molecule has 0 aromatic rings. The van der Waals surface area contributed by atoms with E-state index >= 15 is 0 Å². The lowest BCUT2D eigenvalue weighted by Crippen LogP contribution is -2.62. The van der Waals surface area contributed by atoms with Crippen molar-refractivity contribution in [3.05, 3.63) is 0 Å². The van der Waals surface area contributed by atoms with Crippen molar-refractivity contribution in [2.75, 3.05) is 26.2 Å². The number of amides is 1. The van der Waals surface area contributed by atoms with E-state index in [9.17, 15) is 4.79 Å². The molecule has 18 heavy (non-hydrogen) atoms. The zero-order valence-electron chi connectivity index (χ0n) is 10.6. The minimum Gasteiger partial charge on any atom is -0.339 e. The third-order valence-electron chi connectivity index (χ3n) is 4.34. The maximum atomic E-state index is 12.2. The minimum atomic E-state index is -0.498. The Morgan fingerprint density at radius 1 is 1.06 bits per heavy atom. The first-order chi connectivity index (χ1) is 7.69. The van der Waals surface area contributed by atoms with Gasteiger partial charge in [0.25, 0.3) is 0 Å². The van der Waals surface area contributed by atoms with Gasteiger partial charge in [-0.25, -0.2) is 0 Å². The van der Waals surface area contributed by atoms with Crippen molar-refractivity contribution >= 4 is 30.7 Å². The van der Waals surface area contributed by atoms with Crippen LogP contribution < -0.4 is 5.73 Å². The minimum absolute atomic E-state index is 0. The topological polar surface area (TPSA) is 49.6 Å². The summed E-state index contributed by atoms with van der Waals surface area (Å²) in [5.74, 6) is 0.203. The van der Waals surface area contributed by atoms with Gasteiger partial charge in [-0.1, -0.05) is 0 Å². The monoisotopic (exact) mass is 295 g/mol. The summed E-state index contributed by atoms with van der Waals surface area (Å²) in [6.45, 7) is 3.86. The molecule has 0 atom stereocenters. The van der Waals surface area contributed by atoms with Crippen molar-refractivity contribution < 1.29 is 4.79 Å². The maximum Gasteiger partial charge on any atom is 0.242 e. The van der Waals surface area contributed by atoms with E-state index in [-0.39, 0.29) is 30.7 Å². The Hall–Kier alpha value is -0.0300. The van der Waals surface area contributed by atoms with Crippen LogP contribution in [0, 0.1) is 0 Å². The van der Waals surface area contributed by atoms with E-state index in [0.717, 1.165) is 51.5 Å². The average molecular weight is 296 g/mol. The van der Waals surface area contributed by atoms with Crippen LogP contribution in [0.4, 0.5) is 0 Å². The summed E-state index contributed by atoms with van der Waals surface area (Å²) < 4.78 is 0. The predicted octanol–water partition coefficient (Wildman–Crippen LogP) is 1.02. The molecule has 3 aliphatic rings. The van der Waals surface area contributed by atoms with Crippen LogP contribution in [0.2, 0.25) is 0 Å². The molecule has 0 radical (unpaired) electrons. The van der Waals surface area contributed by atoms with Crippen LogP contribution >= 0.6 is 24.8 Å². The highest BCUT2D eigenvalue weighted by atomic mass is 35.5. The smallest absolute Gasteiger partial charge is 0.242 e. The highest BCUT2D eigenvalue weighted by Crippen LogP contribution is 2.32. The molecule has 1 aliphatic heterocycles. The van der Waals surface area contributed by atoms with E-state index < -0.39 is 5.54 Å². The zero-order valence-corrected chi connectivity index (χ0v) is 12.3. The molecule has 0 aromatic heterocycles. The van der Waals surface area contributed by atoms with Gasteiger partial charge in [-0.15, -0.1) is 24.8 Å². The molecule has 2 saturated carbocycles. The van der Waals surface area contributed by atoms with Crippen molar-refractivity contribution in [2.24, 2.45) is 5.73 Å². The van der Waals surface area contributed by atoms with E-state index in [4.69, 9.17) is 5.73 Å². The molecule has 0 spiro atoms. The van der Waals surface area contributed by atoms with Crippen LogP contribution in [-0.4, -0.2) is 53.5 Å². The van der Waals surface area contributed by atoms with Crippen LogP contribution in [-0.2, 0) is 4.79 Å². The Morgan fingerprint density at radius 3 is 2.00 bits per heavy atom. The lowest BCUT2D eigenvalue weighted by atomic mass is 9.76. The van der Waals surface area contributed by atoms with Crippen molar-refractivity contribution in [2.45, 2.75) is 43.7 Å². The van der Waals surface area contributed by atoms with Crippen molar-refractivity contribution in [3.63, 3.8) is 0 Å². The van der Waals surface area contributed by atoms with Gasteiger partial charge in [-0.2, -0.15) is 0 Å². The van der Waals surface area contributed by atoms with Crippen LogP contribution in [0.25, 0.3) is 0 Å². The first-order valence-electron chi connectivity index (χ1n) is 6.51. The molecule has 1 amide bonds. The molecule has 0 unspecified atom stereocenters. The zero-order chi connectivity index (χ0) is 11.2. The van der Waals surface area contributed by atoms with Gasteiger partial charge in [0.15, 0.2) is 0 Å². The number of carbonyl (C=O) groups is 1. The van der Waals surface area contributed by atoms with Gasteiger partial charge < -0.3 is 10.6 Å². The van der Waals surface area contributed by atoms with E-state index in [1.54, 1.807) is 0 Å². The van der Waals surface area contributed by atoms with E-state index in [1.165, 1.54) is 12.8 Å². The number of carbonyl (C=O) groups excluding carboxylic acids is 1. The standard InChI is InChI=1S/C12H21N3O.2ClH/c13-12(4-1-5-12)11(16)15-8-6-14(7-9-15)10-2-3-10;;/h10H,1-9,13H2;2*1H. The second-order valence-electron chi connectivity index (χ2n) is 5.57. The van der Waals surface area contributed by atoms with Crippen LogP contribution in [0.1, 0.15) is 32.1 Å². The van der Waals surface area contributed by atoms with Gasteiger partial charge >= 0.3 is 0 Å². The summed E-state index contributed by atoms with van der Waals surface area (Å²) in [6, 6.07) is 0.827. The second kappa shape index (κ2) is 5.95. The van der Waals surface area contributed by atoms with E-state index in [2.05, 4.69) is 4.90 Å². The van der Waals surface area contributed by atoms with Gasteiger partial charge in [-0.05, 0) is 32.1 Å². The molecule has 106 valence electrons. The number of nitrogens with zero attached hydrogens (tertiary/aromatic N) is 2. The maximum absolute atomic E-state index is 12.2. The Morgan fingerprint density at radius 2 is 1.61 bits per heavy atom. The average Bonchev–Trinajstić information content (AvgIpc) is 3.09. The normalized spacial score (nSPS) is 26.6. The van der Waals surface area contributed by atoms with Crippen LogP contribution in [0.5, 0.6) is 0 Å². The fourth-order valence-electron chi connectivity index (χ4n) is 2.82. The molecule has 3 fully saturated rings. The lowest BCUT2D eigenvalue weighted by Gasteiger charge is -2.43. The van der Waals surface area contributed by atoms with E-state index in [1.807, 2.05) is 4.90 Å². The highest BCUT2D eigenvalue weighted by Gasteiger charge is 2.43. The Labute approximate surface area is 121 Å². The van der Waals surface area contributed by atoms with Crippen LogP contribution in [0.15, 0.2) is 0 Å². The van der Waals surface area contributed by atoms with Gasteiger partial charge in [-0.3, -0.25) is 9.69 Å². The number of hydrogen-bond acceptors (Lipinski definition) is 3. The first kappa shape index (κ1) is 16.0. The Bertz CT molecular complexity index is 298. The largest absolute Gasteiger partial charge is 0.339 e. The SMILES string of the molecule is Cl.Cl.NC1(C(=O)N2CCN(C3CC3)CC2)CCC1. The molecule has 2 N–H and O–H groups in total. The lowest BCUT2D eigenvalue weighted by molar-refractivity contribution is -0.142. The van der Waals surface area contributed by atoms with Crippen molar-refractivity contribution in [3.8, 4) is 0 Å². The van der Waals surface area contributed by atoms with Gasteiger partial charge in [0, 0.05) is 32.2 Å². The van der Waals surface area contributed by atoms with Gasteiger partial charge in [0.1, 0.15) is 0 Å². The van der Waals surface area contributed by atoms with Crippen molar-refractivity contribution in [1.29, 1.82) is 0 Å². The quantitative estimate of drug-likeness (QED) is 0.827. The van der Waals surface area contributed by atoms with Gasteiger partial charge in [0.2, 0.25) is 5.91 Å². The summed E-state index contributed by atoms with van der Waals surface area (Å²) in [6.07, 6.45) is 5.59. The Kier molecular flexibility index (Phi) is 5.30. The molecular formula is C12H23Cl2N3O. The number of piperazine rings is 1. The summed E-state index contributed by atoms with van der Waals surface area (Å²) in [5, 5.41) is 0. The molecule has 0 bridgehead atoms. The summed E-state index contributed by atoms with van der Waals surface area (Å²) >= 11 is 0. The Balaban J connectivity index is 0.000000810. The summed E-state index contributed by atoms with van der Waals surface area (Å²) in [5.41, 5.74) is 5.58. The third-order valence-corrected chi connectivity index (χ3v) is 4.34. The highest BCUT2D eigenvalue weighted by molar-refractivity contribution is 5.87. The molecule has 3 rings (SSSR count). The molecule has 4 nitrogen and oxygen atoms in total. The first-order valence-corrected chi connectivity index (χ1v) is 6.51. The molecular weight excluding hydrogens is 273 g/mol. The molecule has 1 saturated heterocycles. The third kappa shape index (κ3) is 2.93. The van der Waals surface area contributed by atoms with Gasteiger partial charge in [0.05, 0.1) is 5.54 Å². The fraction of sp³-hybridized carbons (Fsp3) is 0.917. The molecule has 2 aliphatic carbocycles. The number of hydrogen-bond donors (Lipinski definition) is 1. The number of halogens is 2. The summed E-state index contributed by atoms with van der Waals surface area (Å²) in [7, 11) is 0.